The maximum Gasteiger partial charge on any atom is 0.310 e. The highest BCUT2D eigenvalue weighted by Gasteiger charge is 2.27. The van der Waals surface area contributed by atoms with Gasteiger partial charge in [0.05, 0.1) is 12.0 Å². The van der Waals surface area contributed by atoms with Gasteiger partial charge in [-0.15, -0.1) is 0 Å². The van der Waals surface area contributed by atoms with Crippen molar-refractivity contribution in [1.29, 1.82) is 0 Å². The molecular weight excluding hydrogens is 282 g/mol. The summed E-state index contributed by atoms with van der Waals surface area (Å²) in [6, 6.07) is 7.84. The van der Waals surface area contributed by atoms with Crippen LogP contribution < -0.4 is 10.1 Å². The lowest BCUT2D eigenvalue weighted by atomic mass is 9.94. The first-order valence-corrected chi connectivity index (χ1v) is 7.51. The summed E-state index contributed by atoms with van der Waals surface area (Å²) in [4.78, 5) is 22.6. The van der Waals surface area contributed by atoms with Gasteiger partial charge in [-0.25, -0.2) is 0 Å². The number of amides is 1. The molecule has 0 heterocycles. The van der Waals surface area contributed by atoms with E-state index in [-0.39, 0.29) is 12.5 Å². The quantitative estimate of drug-likeness (QED) is 0.688. The number of unbranched alkanes of at least 4 members (excludes halogenated alkanes) is 1. The molecule has 1 amide bonds. The van der Waals surface area contributed by atoms with Crippen LogP contribution in [0.4, 0.5) is 0 Å². The van der Waals surface area contributed by atoms with Crippen molar-refractivity contribution in [3.63, 3.8) is 0 Å². The summed E-state index contributed by atoms with van der Waals surface area (Å²) in [5.41, 5.74) is 0.210. The van der Waals surface area contributed by atoms with Gasteiger partial charge in [-0.1, -0.05) is 12.1 Å². The van der Waals surface area contributed by atoms with E-state index < -0.39 is 11.4 Å². The lowest BCUT2D eigenvalue weighted by molar-refractivity contribution is -0.146. The molecular formula is C17H25NO4. The summed E-state index contributed by atoms with van der Waals surface area (Å²) in [6.45, 7) is 5.89. The van der Waals surface area contributed by atoms with Gasteiger partial charge in [-0.05, 0) is 51.3 Å². The van der Waals surface area contributed by atoms with Crippen LogP contribution in [0, 0.1) is 12.3 Å². The van der Waals surface area contributed by atoms with Crippen LogP contribution in [0.1, 0.15) is 38.7 Å². The first-order chi connectivity index (χ1) is 10.3. The van der Waals surface area contributed by atoms with E-state index in [1.807, 2.05) is 31.2 Å². The monoisotopic (exact) mass is 307 g/mol. The topological polar surface area (TPSA) is 75.6 Å². The minimum atomic E-state index is -0.941. The fraction of sp³-hybridized carbons (Fsp3) is 0.529. The zero-order valence-corrected chi connectivity index (χ0v) is 13.5. The number of carboxylic acids is 1. The van der Waals surface area contributed by atoms with Crippen molar-refractivity contribution < 1.29 is 19.4 Å². The van der Waals surface area contributed by atoms with Gasteiger partial charge in [0.2, 0.25) is 5.91 Å². The Hall–Kier alpha value is -2.04. The van der Waals surface area contributed by atoms with Crippen LogP contribution in [-0.2, 0) is 9.59 Å². The Morgan fingerprint density at radius 1 is 1.27 bits per heavy atom. The Kier molecular flexibility index (Phi) is 6.89. The molecule has 5 heteroatoms. The van der Waals surface area contributed by atoms with Crippen LogP contribution in [0.5, 0.6) is 5.75 Å². The predicted octanol–water partition coefficient (Wildman–Crippen LogP) is 2.77. The number of ether oxygens (including phenoxy) is 1. The predicted molar refractivity (Wildman–Crippen MR) is 85.0 cm³/mol. The largest absolute Gasteiger partial charge is 0.494 e. The first kappa shape index (κ1) is 18.0. The third-order valence-corrected chi connectivity index (χ3v) is 3.36. The Bertz CT molecular complexity index is 511. The zero-order valence-electron chi connectivity index (χ0n) is 13.5. The van der Waals surface area contributed by atoms with Crippen molar-refractivity contribution in [3.05, 3.63) is 29.8 Å². The molecule has 0 atom stereocenters. The average Bonchev–Trinajstić information content (AvgIpc) is 2.45. The molecule has 0 aliphatic rings. The first-order valence-electron chi connectivity index (χ1n) is 7.51. The van der Waals surface area contributed by atoms with Crippen molar-refractivity contribution in [2.24, 2.45) is 5.41 Å². The normalized spacial score (nSPS) is 11.0. The molecule has 0 aliphatic heterocycles. The summed E-state index contributed by atoms with van der Waals surface area (Å²) in [5, 5.41) is 11.6. The molecule has 0 spiro atoms. The van der Waals surface area contributed by atoms with Crippen LogP contribution >= 0.6 is 0 Å². The van der Waals surface area contributed by atoms with Gasteiger partial charge >= 0.3 is 5.97 Å². The fourth-order valence-corrected chi connectivity index (χ4v) is 1.77. The number of aryl methyl sites for hydroxylation is 1. The van der Waals surface area contributed by atoms with Gasteiger partial charge in [-0.2, -0.15) is 0 Å². The second-order valence-corrected chi connectivity index (χ2v) is 6.09. The minimum absolute atomic E-state index is 0.120. The lowest BCUT2D eigenvalue weighted by Crippen LogP contribution is -2.38. The molecule has 0 fully saturated rings. The summed E-state index contributed by atoms with van der Waals surface area (Å²) >= 11 is 0. The highest BCUT2D eigenvalue weighted by Crippen LogP contribution is 2.14. The van der Waals surface area contributed by atoms with E-state index in [0.717, 1.165) is 17.7 Å². The number of rotatable bonds is 9. The highest BCUT2D eigenvalue weighted by atomic mass is 16.5. The SMILES string of the molecule is Cc1cccc(OCCCCC(=O)NCC(C)(C)C(=O)O)c1. The molecule has 5 nitrogen and oxygen atoms in total. The third kappa shape index (κ3) is 6.61. The van der Waals surface area contributed by atoms with Crippen molar-refractivity contribution in [2.75, 3.05) is 13.2 Å². The number of carbonyl (C=O) groups is 2. The van der Waals surface area contributed by atoms with E-state index in [9.17, 15) is 9.59 Å². The Morgan fingerprint density at radius 2 is 2.00 bits per heavy atom. The standard InChI is InChI=1S/C17H25NO4/c1-13-7-6-8-14(11-13)22-10-5-4-9-15(19)18-12-17(2,3)16(20)21/h6-8,11H,4-5,9-10,12H2,1-3H3,(H,18,19)(H,20,21). The molecule has 2 N–H and O–H groups in total. The number of aliphatic carboxylic acids is 1. The molecule has 122 valence electrons. The summed E-state index contributed by atoms with van der Waals surface area (Å²) in [6.07, 6.45) is 1.88. The molecule has 0 radical (unpaired) electrons. The molecule has 1 rings (SSSR count). The maximum absolute atomic E-state index is 11.6. The van der Waals surface area contributed by atoms with E-state index in [0.29, 0.717) is 19.4 Å². The lowest BCUT2D eigenvalue weighted by Gasteiger charge is -2.19. The number of benzene rings is 1. The van der Waals surface area contributed by atoms with E-state index >= 15 is 0 Å². The van der Waals surface area contributed by atoms with Gasteiger partial charge in [0.15, 0.2) is 0 Å². The molecule has 0 saturated heterocycles. The number of nitrogens with one attached hydrogen (secondary N) is 1. The highest BCUT2D eigenvalue weighted by molar-refractivity contribution is 5.78. The van der Waals surface area contributed by atoms with E-state index in [1.165, 1.54) is 0 Å². The molecule has 0 aliphatic carbocycles. The average molecular weight is 307 g/mol. The fourth-order valence-electron chi connectivity index (χ4n) is 1.77. The molecule has 1 aromatic rings. The minimum Gasteiger partial charge on any atom is -0.494 e. The van der Waals surface area contributed by atoms with Crippen molar-refractivity contribution >= 4 is 11.9 Å². The van der Waals surface area contributed by atoms with Crippen LogP contribution in [0.3, 0.4) is 0 Å². The summed E-state index contributed by atoms with van der Waals surface area (Å²) in [5.74, 6) is -0.197. The van der Waals surface area contributed by atoms with Gasteiger partial charge in [-0.3, -0.25) is 9.59 Å². The van der Waals surface area contributed by atoms with Crippen LogP contribution in [0.15, 0.2) is 24.3 Å². The van der Waals surface area contributed by atoms with E-state index in [1.54, 1.807) is 13.8 Å². The van der Waals surface area contributed by atoms with Crippen molar-refractivity contribution in [1.82, 2.24) is 5.32 Å². The number of carbonyl (C=O) groups excluding carboxylic acids is 1. The Morgan fingerprint density at radius 3 is 2.64 bits per heavy atom. The maximum atomic E-state index is 11.6. The van der Waals surface area contributed by atoms with Crippen molar-refractivity contribution in [2.45, 2.75) is 40.0 Å². The smallest absolute Gasteiger partial charge is 0.310 e. The van der Waals surface area contributed by atoms with Gasteiger partial charge in [0.1, 0.15) is 5.75 Å². The van der Waals surface area contributed by atoms with Crippen LogP contribution in [0.2, 0.25) is 0 Å². The zero-order chi connectivity index (χ0) is 16.6. The van der Waals surface area contributed by atoms with Crippen LogP contribution in [0.25, 0.3) is 0 Å². The van der Waals surface area contributed by atoms with Gasteiger partial charge in [0.25, 0.3) is 0 Å². The second-order valence-electron chi connectivity index (χ2n) is 6.09. The van der Waals surface area contributed by atoms with E-state index in [4.69, 9.17) is 9.84 Å². The second kappa shape index (κ2) is 8.41. The van der Waals surface area contributed by atoms with Crippen molar-refractivity contribution in [3.8, 4) is 5.75 Å². The number of hydrogen-bond donors (Lipinski definition) is 2. The molecule has 0 bridgehead atoms. The summed E-state index contributed by atoms with van der Waals surface area (Å²) in [7, 11) is 0. The van der Waals surface area contributed by atoms with Gasteiger partial charge in [0, 0.05) is 13.0 Å². The number of carboxylic acid groups (broad SMARTS) is 1. The third-order valence-electron chi connectivity index (χ3n) is 3.36. The Labute approximate surface area is 131 Å². The van der Waals surface area contributed by atoms with Gasteiger partial charge < -0.3 is 15.2 Å². The molecule has 1 aromatic carbocycles. The number of hydrogen-bond acceptors (Lipinski definition) is 3. The molecule has 22 heavy (non-hydrogen) atoms. The molecule has 0 saturated carbocycles. The molecule has 0 aromatic heterocycles. The van der Waals surface area contributed by atoms with Crippen LogP contribution in [-0.4, -0.2) is 30.1 Å². The Balaban J connectivity index is 2.14. The van der Waals surface area contributed by atoms with E-state index in [2.05, 4.69) is 5.32 Å². The molecule has 0 unspecified atom stereocenters. The summed E-state index contributed by atoms with van der Waals surface area (Å²) < 4.78 is 5.60.